The standard InChI is InChI=1S/C10H18N4O3S2/c1-4-6-7(3)14-19(16,17)10-13-12-9(18-10)11-8(15)5-2/h7,14H,4-6H2,1-3H3,(H,11,12,15). The molecule has 0 saturated carbocycles. The molecule has 1 atom stereocenters. The Morgan fingerprint density at radius 2 is 2.05 bits per heavy atom. The number of sulfonamides is 1. The van der Waals surface area contributed by atoms with E-state index in [1.807, 2.05) is 6.92 Å². The number of aromatic nitrogens is 2. The van der Waals surface area contributed by atoms with Crippen molar-refractivity contribution in [2.24, 2.45) is 0 Å². The minimum atomic E-state index is -3.66. The Labute approximate surface area is 116 Å². The first-order valence-corrected chi connectivity index (χ1v) is 8.34. The van der Waals surface area contributed by atoms with Gasteiger partial charge in [-0.2, -0.15) is 0 Å². The third-order valence-electron chi connectivity index (χ3n) is 2.28. The number of hydrogen-bond donors (Lipinski definition) is 2. The molecule has 1 amide bonds. The first kappa shape index (κ1) is 16.0. The lowest BCUT2D eigenvalue weighted by Crippen LogP contribution is -2.32. The number of nitrogens with one attached hydrogen (secondary N) is 2. The van der Waals surface area contributed by atoms with E-state index in [1.165, 1.54) is 0 Å². The summed E-state index contributed by atoms with van der Waals surface area (Å²) in [7, 11) is -3.66. The molecule has 9 heteroatoms. The molecule has 2 N–H and O–H groups in total. The highest BCUT2D eigenvalue weighted by atomic mass is 32.2. The number of carbonyl (C=O) groups is 1. The van der Waals surface area contributed by atoms with Crippen molar-refractivity contribution in [2.75, 3.05) is 5.32 Å². The molecule has 108 valence electrons. The van der Waals surface area contributed by atoms with E-state index < -0.39 is 10.0 Å². The van der Waals surface area contributed by atoms with Gasteiger partial charge in [-0.15, -0.1) is 10.2 Å². The lowest BCUT2D eigenvalue weighted by atomic mass is 10.2. The van der Waals surface area contributed by atoms with Gasteiger partial charge in [-0.25, -0.2) is 13.1 Å². The van der Waals surface area contributed by atoms with Crippen LogP contribution in [-0.4, -0.2) is 30.6 Å². The van der Waals surface area contributed by atoms with Gasteiger partial charge in [0.1, 0.15) is 0 Å². The molecule has 0 bridgehead atoms. The van der Waals surface area contributed by atoms with Crippen LogP contribution < -0.4 is 10.0 Å². The first-order valence-electron chi connectivity index (χ1n) is 6.04. The summed E-state index contributed by atoms with van der Waals surface area (Å²) < 4.78 is 26.3. The average molecular weight is 306 g/mol. The number of nitrogens with zero attached hydrogens (tertiary/aromatic N) is 2. The van der Waals surface area contributed by atoms with Crippen molar-refractivity contribution >= 4 is 32.4 Å². The quantitative estimate of drug-likeness (QED) is 0.741. The van der Waals surface area contributed by atoms with Crippen molar-refractivity contribution in [3.8, 4) is 0 Å². The maximum Gasteiger partial charge on any atom is 0.270 e. The monoisotopic (exact) mass is 306 g/mol. The van der Waals surface area contributed by atoms with Crippen molar-refractivity contribution in [3.63, 3.8) is 0 Å². The average Bonchev–Trinajstić information content (AvgIpc) is 2.77. The van der Waals surface area contributed by atoms with Crippen molar-refractivity contribution in [2.45, 2.75) is 50.4 Å². The minimum Gasteiger partial charge on any atom is -0.301 e. The van der Waals surface area contributed by atoms with Gasteiger partial charge in [0, 0.05) is 12.5 Å². The Kier molecular flexibility index (Phi) is 5.83. The topological polar surface area (TPSA) is 101 Å². The van der Waals surface area contributed by atoms with Gasteiger partial charge in [-0.1, -0.05) is 31.6 Å². The molecule has 0 fully saturated rings. The van der Waals surface area contributed by atoms with Crippen molar-refractivity contribution in [1.29, 1.82) is 0 Å². The van der Waals surface area contributed by atoms with Crippen molar-refractivity contribution in [1.82, 2.24) is 14.9 Å². The van der Waals surface area contributed by atoms with E-state index >= 15 is 0 Å². The van der Waals surface area contributed by atoms with E-state index in [0.717, 1.165) is 24.2 Å². The Morgan fingerprint density at radius 3 is 2.63 bits per heavy atom. The van der Waals surface area contributed by atoms with Crippen LogP contribution >= 0.6 is 11.3 Å². The van der Waals surface area contributed by atoms with Crippen LogP contribution in [0, 0.1) is 0 Å². The van der Waals surface area contributed by atoms with E-state index in [1.54, 1.807) is 13.8 Å². The molecule has 0 aliphatic rings. The van der Waals surface area contributed by atoms with Crippen molar-refractivity contribution < 1.29 is 13.2 Å². The predicted molar refractivity (Wildman–Crippen MR) is 73.5 cm³/mol. The molecule has 19 heavy (non-hydrogen) atoms. The minimum absolute atomic E-state index is 0.137. The third-order valence-corrected chi connectivity index (χ3v) is 5.08. The SMILES string of the molecule is CCCC(C)NS(=O)(=O)c1nnc(NC(=O)CC)s1. The highest BCUT2D eigenvalue weighted by molar-refractivity contribution is 7.91. The molecule has 0 aliphatic heterocycles. The molecule has 1 unspecified atom stereocenters. The zero-order chi connectivity index (χ0) is 14.5. The number of anilines is 1. The van der Waals surface area contributed by atoms with Crippen LogP contribution in [0.2, 0.25) is 0 Å². The molecule has 0 aromatic carbocycles. The van der Waals surface area contributed by atoms with Crippen LogP contribution in [0.4, 0.5) is 5.13 Å². The van der Waals surface area contributed by atoms with Crippen LogP contribution in [0.5, 0.6) is 0 Å². The van der Waals surface area contributed by atoms with Gasteiger partial charge in [0.2, 0.25) is 15.4 Å². The third kappa shape index (κ3) is 4.84. The van der Waals surface area contributed by atoms with Gasteiger partial charge in [-0.05, 0) is 13.3 Å². The number of carbonyl (C=O) groups excluding carboxylic acids is 1. The smallest absolute Gasteiger partial charge is 0.270 e. The second-order valence-electron chi connectivity index (χ2n) is 4.09. The van der Waals surface area contributed by atoms with Gasteiger partial charge in [0.25, 0.3) is 10.0 Å². The summed E-state index contributed by atoms with van der Waals surface area (Å²) in [4.78, 5) is 11.2. The van der Waals surface area contributed by atoms with Crippen LogP contribution in [-0.2, 0) is 14.8 Å². The predicted octanol–water partition coefficient (Wildman–Crippen LogP) is 1.35. The molecule has 1 aromatic rings. The van der Waals surface area contributed by atoms with Gasteiger partial charge in [0.15, 0.2) is 0 Å². The number of amides is 1. The normalized spacial score (nSPS) is 13.2. The van der Waals surface area contributed by atoms with Gasteiger partial charge in [-0.3, -0.25) is 4.79 Å². The van der Waals surface area contributed by atoms with E-state index in [-0.39, 0.29) is 21.4 Å². The zero-order valence-electron chi connectivity index (χ0n) is 11.1. The highest BCUT2D eigenvalue weighted by Gasteiger charge is 2.22. The molecule has 0 aliphatic carbocycles. The maximum atomic E-state index is 12.0. The molecular weight excluding hydrogens is 288 g/mol. The summed E-state index contributed by atoms with van der Waals surface area (Å²) in [6, 6.07) is -0.160. The molecule has 1 heterocycles. The summed E-state index contributed by atoms with van der Waals surface area (Å²) in [6.07, 6.45) is 1.93. The Morgan fingerprint density at radius 1 is 1.37 bits per heavy atom. The highest BCUT2D eigenvalue weighted by Crippen LogP contribution is 2.20. The Balaban J connectivity index is 2.77. The van der Waals surface area contributed by atoms with Gasteiger partial charge >= 0.3 is 0 Å². The lowest BCUT2D eigenvalue weighted by molar-refractivity contribution is -0.115. The van der Waals surface area contributed by atoms with E-state index in [0.29, 0.717) is 6.42 Å². The van der Waals surface area contributed by atoms with Crippen LogP contribution in [0.3, 0.4) is 0 Å². The largest absolute Gasteiger partial charge is 0.301 e. The number of rotatable bonds is 7. The summed E-state index contributed by atoms with van der Waals surface area (Å²) in [5, 5.41) is 9.90. The summed E-state index contributed by atoms with van der Waals surface area (Å²) in [5.74, 6) is -0.229. The van der Waals surface area contributed by atoms with Crippen molar-refractivity contribution in [3.05, 3.63) is 0 Å². The molecule has 1 aromatic heterocycles. The fraction of sp³-hybridized carbons (Fsp3) is 0.700. The summed E-state index contributed by atoms with van der Waals surface area (Å²) >= 11 is 0.839. The van der Waals surface area contributed by atoms with Crippen LogP contribution in [0.15, 0.2) is 4.34 Å². The van der Waals surface area contributed by atoms with E-state index in [9.17, 15) is 13.2 Å². The summed E-state index contributed by atoms with van der Waals surface area (Å²) in [5.41, 5.74) is 0. The lowest BCUT2D eigenvalue weighted by Gasteiger charge is -2.10. The fourth-order valence-electron chi connectivity index (χ4n) is 1.38. The Bertz CT molecular complexity index is 527. The molecule has 1 rings (SSSR count). The second-order valence-corrected chi connectivity index (χ2v) is 6.95. The maximum absolute atomic E-state index is 12.0. The van der Waals surface area contributed by atoms with Crippen LogP contribution in [0.25, 0.3) is 0 Å². The fourth-order valence-corrected chi connectivity index (χ4v) is 3.59. The molecular formula is C10H18N4O3S2. The Hall–Kier alpha value is -1.06. The van der Waals surface area contributed by atoms with E-state index in [4.69, 9.17) is 0 Å². The molecule has 0 saturated heterocycles. The first-order chi connectivity index (χ1) is 8.89. The number of hydrogen-bond acceptors (Lipinski definition) is 6. The van der Waals surface area contributed by atoms with Gasteiger partial charge < -0.3 is 5.32 Å². The summed E-state index contributed by atoms with van der Waals surface area (Å²) in [6.45, 7) is 5.47. The zero-order valence-corrected chi connectivity index (χ0v) is 12.8. The van der Waals surface area contributed by atoms with E-state index in [2.05, 4.69) is 20.2 Å². The molecule has 0 spiro atoms. The van der Waals surface area contributed by atoms with Gasteiger partial charge in [0.05, 0.1) is 0 Å². The van der Waals surface area contributed by atoms with Crippen LogP contribution in [0.1, 0.15) is 40.0 Å². The second kappa shape index (κ2) is 6.92. The molecule has 0 radical (unpaired) electrons. The molecule has 7 nitrogen and oxygen atoms in total.